The molecular weight excluding hydrogens is 348 g/mol. The van der Waals surface area contributed by atoms with Gasteiger partial charge in [-0.05, 0) is 43.7 Å². The van der Waals surface area contributed by atoms with Gasteiger partial charge in [-0.2, -0.15) is 0 Å². The largest absolute Gasteiger partial charge is 0.341 e. The van der Waals surface area contributed by atoms with Crippen LogP contribution in [0.3, 0.4) is 0 Å². The molecule has 3 heterocycles. The molecule has 2 aromatic heterocycles. The van der Waals surface area contributed by atoms with E-state index < -0.39 is 0 Å². The summed E-state index contributed by atoms with van der Waals surface area (Å²) in [6.45, 7) is 4.56. The number of piperidine rings is 1. The standard InChI is InChI=1S/C16H21ClN4S2/c1-11-6-8-20(9-7-11)15-18-19-16(21(15)12-2-3-12)22-10-13-4-5-14(17)23-13/h4-5,11-12H,2-3,6-10H2,1H3. The van der Waals surface area contributed by atoms with E-state index in [0.717, 1.165) is 40.2 Å². The minimum absolute atomic E-state index is 0.605. The molecular formula is C16H21ClN4S2. The van der Waals surface area contributed by atoms with Crippen molar-refractivity contribution in [2.75, 3.05) is 18.0 Å². The van der Waals surface area contributed by atoms with Crippen LogP contribution in [0.1, 0.15) is 43.5 Å². The van der Waals surface area contributed by atoms with Crippen molar-refractivity contribution in [3.05, 3.63) is 21.3 Å². The molecule has 0 atom stereocenters. The van der Waals surface area contributed by atoms with Crippen LogP contribution in [-0.2, 0) is 5.75 Å². The molecule has 0 spiro atoms. The van der Waals surface area contributed by atoms with Crippen LogP contribution in [0.15, 0.2) is 17.3 Å². The second-order valence-electron chi connectivity index (χ2n) is 6.55. The third-order valence-electron chi connectivity index (χ3n) is 4.60. The molecule has 124 valence electrons. The van der Waals surface area contributed by atoms with Crippen molar-refractivity contribution in [3.8, 4) is 0 Å². The minimum Gasteiger partial charge on any atom is -0.341 e. The van der Waals surface area contributed by atoms with Gasteiger partial charge < -0.3 is 4.90 Å². The lowest BCUT2D eigenvalue weighted by Gasteiger charge is -2.31. The van der Waals surface area contributed by atoms with Crippen LogP contribution >= 0.6 is 34.7 Å². The third kappa shape index (κ3) is 3.54. The number of aromatic nitrogens is 3. The molecule has 1 saturated heterocycles. The van der Waals surface area contributed by atoms with E-state index in [9.17, 15) is 0 Å². The van der Waals surface area contributed by atoms with Crippen LogP contribution in [0.2, 0.25) is 4.34 Å². The Morgan fingerprint density at radius 3 is 2.65 bits per heavy atom. The molecule has 1 aliphatic heterocycles. The van der Waals surface area contributed by atoms with Crippen molar-refractivity contribution < 1.29 is 0 Å². The van der Waals surface area contributed by atoms with Crippen LogP contribution in [0, 0.1) is 5.92 Å². The van der Waals surface area contributed by atoms with Gasteiger partial charge in [-0.15, -0.1) is 21.5 Å². The lowest BCUT2D eigenvalue weighted by atomic mass is 10.00. The van der Waals surface area contributed by atoms with E-state index in [4.69, 9.17) is 11.6 Å². The molecule has 4 rings (SSSR count). The first-order valence-corrected chi connectivity index (χ1v) is 10.5. The fraction of sp³-hybridized carbons (Fsp3) is 0.625. The van der Waals surface area contributed by atoms with Crippen LogP contribution in [0.25, 0.3) is 0 Å². The summed E-state index contributed by atoms with van der Waals surface area (Å²) in [6.07, 6.45) is 5.03. The molecule has 23 heavy (non-hydrogen) atoms. The monoisotopic (exact) mass is 368 g/mol. The second-order valence-corrected chi connectivity index (χ2v) is 9.29. The summed E-state index contributed by atoms with van der Waals surface area (Å²) >= 11 is 9.45. The average Bonchev–Trinajstić information content (AvgIpc) is 3.16. The zero-order valence-corrected chi connectivity index (χ0v) is 15.6. The van der Waals surface area contributed by atoms with Gasteiger partial charge in [0.05, 0.1) is 4.34 Å². The first kappa shape index (κ1) is 15.8. The number of halogens is 1. The Morgan fingerprint density at radius 2 is 2.00 bits per heavy atom. The predicted molar refractivity (Wildman–Crippen MR) is 97.8 cm³/mol. The molecule has 2 fully saturated rings. The average molecular weight is 369 g/mol. The Kier molecular flexibility index (Phi) is 4.56. The Balaban J connectivity index is 1.51. The summed E-state index contributed by atoms with van der Waals surface area (Å²) in [5.41, 5.74) is 0. The van der Waals surface area contributed by atoms with Crippen molar-refractivity contribution in [2.24, 2.45) is 5.92 Å². The smallest absolute Gasteiger partial charge is 0.228 e. The van der Waals surface area contributed by atoms with Crippen LogP contribution in [0.4, 0.5) is 5.95 Å². The van der Waals surface area contributed by atoms with Crippen LogP contribution < -0.4 is 4.90 Å². The highest BCUT2D eigenvalue weighted by Crippen LogP contribution is 2.42. The van der Waals surface area contributed by atoms with Crippen molar-refractivity contribution in [1.29, 1.82) is 0 Å². The van der Waals surface area contributed by atoms with Crippen molar-refractivity contribution in [3.63, 3.8) is 0 Å². The summed E-state index contributed by atoms with van der Waals surface area (Å²) in [7, 11) is 0. The Bertz CT molecular complexity index is 671. The fourth-order valence-corrected chi connectivity index (χ4v) is 5.14. The summed E-state index contributed by atoms with van der Waals surface area (Å²) in [4.78, 5) is 3.72. The molecule has 1 saturated carbocycles. The molecule has 7 heteroatoms. The minimum atomic E-state index is 0.605. The Labute approximate surface area is 150 Å². The van der Waals surface area contributed by atoms with Crippen LogP contribution in [0.5, 0.6) is 0 Å². The maximum Gasteiger partial charge on any atom is 0.228 e. The number of thioether (sulfide) groups is 1. The first-order chi connectivity index (χ1) is 11.2. The van der Waals surface area contributed by atoms with Gasteiger partial charge in [0.25, 0.3) is 0 Å². The molecule has 0 unspecified atom stereocenters. The van der Waals surface area contributed by atoms with Gasteiger partial charge >= 0.3 is 0 Å². The molecule has 0 bridgehead atoms. The fourth-order valence-electron chi connectivity index (χ4n) is 3.01. The SMILES string of the molecule is CC1CCN(c2nnc(SCc3ccc(Cl)s3)n2C2CC2)CC1. The van der Waals surface area contributed by atoms with E-state index in [1.54, 1.807) is 23.1 Å². The van der Waals surface area contributed by atoms with E-state index in [1.165, 1.54) is 30.6 Å². The number of rotatable bonds is 5. The maximum atomic E-state index is 6.02. The van der Waals surface area contributed by atoms with Gasteiger partial charge in [0.15, 0.2) is 5.16 Å². The second kappa shape index (κ2) is 6.65. The highest BCUT2D eigenvalue weighted by Gasteiger charge is 2.32. The number of anilines is 1. The number of thiophene rings is 1. The summed E-state index contributed by atoms with van der Waals surface area (Å²) in [6, 6.07) is 4.67. The first-order valence-electron chi connectivity index (χ1n) is 8.27. The predicted octanol–water partition coefficient (Wildman–Crippen LogP) is 4.86. The van der Waals surface area contributed by atoms with Gasteiger partial charge in [-0.25, -0.2) is 0 Å². The molecule has 2 aromatic rings. The lowest BCUT2D eigenvalue weighted by Crippen LogP contribution is -2.34. The maximum absolute atomic E-state index is 6.02. The van der Waals surface area contributed by atoms with Gasteiger partial charge in [0, 0.05) is 29.8 Å². The Morgan fingerprint density at radius 1 is 1.22 bits per heavy atom. The molecule has 2 aliphatic rings. The quantitative estimate of drug-likeness (QED) is 0.706. The van der Waals surface area contributed by atoms with E-state index in [0.29, 0.717) is 6.04 Å². The Hall–Kier alpha value is -0.720. The van der Waals surface area contributed by atoms with Crippen molar-refractivity contribution in [2.45, 2.75) is 49.6 Å². The highest BCUT2D eigenvalue weighted by atomic mass is 35.5. The molecule has 0 N–H and O–H groups in total. The number of hydrogen-bond acceptors (Lipinski definition) is 5. The van der Waals surface area contributed by atoms with Crippen LogP contribution in [-0.4, -0.2) is 27.9 Å². The number of nitrogens with zero attached hydrogens (tertiary/aromatic N) is 4. The highest BCUT2D eigenvalue weighted by molar-refractivity contribution is 7.98. The molecule has 0 radical (unpaired) electrons. The van der Waals surface area contributed by atoms with E-state index in [-0.39, 0.29) is 0 Å². The lowest BCUT2D eigenvalue weighted by molar-refractivity contribution is 0.429. The molecule has 4 nitrogen and oxygen atoms in total. The van der Waals surface area contributed by atoms with E-state index >= 15 is 0 Å². The molecule has 0 aromatic carbocycles. The topological polar surface area (TPSA) is 34.0 Å². The zero-order chi connectivity index (χ0) is 15.8. The molecule has 1 aliphatic carbocycles. The zero-order valence-electron chi connectivity index (χ0n) is 13.2. The van der Waals surface area contributed by atoms with Gasteiger partial charge in [-0.3, -0.25) is 4.57 Å². The van der Waals surface area contributed by atoms with Gasteiger partial charge in [-0.1, -0.05) is 30.3 Å². The van der Waals surface area contributed by atoms with Gasteiger partial charge in [0.1, 0.15) is 0 Å². The van der Waals surface area contributed by atoms with Crippen molar-refractivity contribution in [1.82, 2.24) is 14.8 Å². The van der Waals surface area contributed by atoms with Gasteiger partial charge in [0.2, 0.25) is 5.95 Å². The number of hydrogen-bond donors (Lipinski definition) is 0. The summed E-state index contributed by atoms with van der Waals surface area (Å²) in [5, 5.41) is 10.1. The molecule has 0 amide bonds. The van der Waals surface area contributed by atoms with Crippen molar-refractivity contribution >= 4 is 40.6 Å². The third-order valence-corrected chi connectivity index (χ3v) is 7.00. The normalized spacial score (nSPS) is 19.5. The summed E-state index contributed by atoms with van der Waals surface area (Å²) in [5.74, 6) is 2.84. The van der Waals surface area contributed by atoms with E-state index in [2.05, 4.69) is 32.7 Å². The van der Waals surface area contributed by atoms with E-state index in [1.807, 2.05) is 6.07 Å². The summed E-state index contributed by atoms with van der Waals surface area (Å²) < 4.78 is 3.24.